The smallest absolute Gasteiger partial charge is 0.0414 e. The van der Waals surface area contributed by atoms with Crippen molar-refractivity contribution in [3.63, 3.8) is 0 Å². The Morgan fingerprint density at radius 2 is 2.11 bits per heavy atom. The van der Waals surface area contributed by atoms with Crippen molar-refractivity contribution in [2.75, 3.05) is 13.1 Å². The molecule has 1 aliphatic heterocycles. The van der Waals surface area contributed by atoms with Crippen LogP contribution < -0.4 is 5.32 Å². The predicted molar refractivity (Wildman–Crippen MR) is 78.2 cm³/mol. The van der Waals surface area contributed by atoms with Gasteiger partial charge in [0.15, 0.2) is 0 Å². The second-order valence-corrected chi connectivity index (χ2v) is 7.22. The quantitative estimate of drug-likeness (QED) is 0.897. The van der Waals surface area contributed by atoms with Gasteiger partial charge in [-0.3, -0.25) is 4.90 Å². The molecule has 1 aromatic heterocycles. The molecule has 2 atom stereocenters. The van der Waals surface area contributed by atoms with E-state index < -0.39 is 0 Å². The van der Waals surface area contributed by atoms with E-state index in [0.717, 1.165) is 12.1 Å². The van der Waals surface area contributed by atoms with Crippen molar-refractivity contribution in [2.24, 2.45) is 0 Å². The number of rotatable bonds is 4. The number of piperidine rings is 1. The van der Waals surface area contributed by atoms with Gasteiger partial charge in [-0.05, 0) is 58.2 Å². The molecule has 1 aromatic rings. The van der Waals surface area contributed by atoms with Crippen molar-refractivity contribution in [1.29, 1.82) is 0 Å². The lowest BCUT2D eigenvalue weighted by atomic mass is 10.0. The molecule has 2 nitrogen and oxygen atoms in total. The molecule has 1 N–H and O–H groups in total. The zero-order valence-electron chi connectivity index (χ0n) is 11.5. The van der Waals surface area contributed by atoms with Crippen LogP contribution in [0.25, 0.3) is 0 Å². The Labute approximate surface area is 114 Å². The molecule has 0 amide bonds. The van der Waals surface area contributed by atoms with E-state index in [4.69, 9.17) is 0 Å². The number of hydrogen-bond donors (Lipinski definition) is 1. The third kappa shape index (κ3) is 2.95. The van der Waals surface area contributed by atoms with Gasteiger partial charge >= 0.3 is 0 Å². The van der Waals surface area contributed by atoms with Gasteiger partial charge in [-0.15, -0.1) is 11.3 Å². The minimum absolute atomic E-state index is 0.590. The summed E-state index contributed by atoms with van der Waals surface area (Å²) < 4.78 is 0. The van der Waals surface area contributed by atoms with Gasteiger partial charge in [0, 0.05) is 34.4 Å². The fraction of sp³-hybridized carbons (Fsp3) is 0.733. The number of aryl methyl sites for hydroxylation is 1. The van der Waals surface area contributed by atoms with Crippen LogP contribution >= 0.6 is 11.3 Å². The van der Waals surface area contributed by atoms with Gasteiger partial charge in [-0.25, -0.2) is 0 Å². The molecule has 1 saturated carbocycles. The molecule has 2 aliphatic rings. The molecule has 0 bridgehead atoms. The Kier molecular flexibility index (Phi) is 3.73. The third-order valence-electron chi connectivity index (χ3n) is 4.22. The summed E-state index contributed by atoms with van der Waals surface area (Å²) in [6.07, 6.45) is 5.51. The third-order valence-corrected chi connectivity index (χ3v) is 5.39. The first kappa shape index (κ1) is 12.6. The number of nitrogens with one attached hydrogen (secondary N) is 1. The number of likely N-dealkylation sites (tertiary alicyclic amines) is 1. The van der Waals surface area contributed by atoms with E-state index in [0.29, 0.717) is 6.04 Å². The lowest BCUT2D eigenvalue weighted by Gasteiger charge is -2.37. The van der Waals surface area contributed by atoms with Gasteiger partial charge in [-0.1, -0.05) is 0 Å². The zero-order chi connectivity index (χ0) is 12.5. The van der Waals surface area contributed by atoms with Crippen LogP contribution in [0.15, 0.2) is 12.1 Å². The lowest BCUT2D eigenvalue weighted by Crippen LogP contribution is -2.47. The maximum Gasteiger partial charge on any atom is 0.0414 e. The minimum atomic E-state index is 0.590. The van der Waals surface area contributed by atoms with Crippen LogP contribution in [0.2, 0.25) is 0 Å². The maximum absolute atomic E-state index is 3.80. The molecular formula is C15H24N2S. The standard InChI is InChI=1S/C15H24N2S/c1-11-5-8-15(18-11)12(2)17-9-3-4-14(10-17)16-13-6-7-13/h5,8,12-14,16H,3-4,6-7,9-10H2,1-2H3. The monoisotopic (exact) mass is 264 g/mol. The van der Waals surface area contributed by atoms with Crippen molar-refractivity contribution < 1.29 is 0 Å². The van der Waals surface area contributed by atoms with E-state index in [2.05, 4.69) is 36.2 Å². The highest BCUT2D eigenvalue weighted by atomic mass is 32.1. The van der Waals surface area contributed by atoms with E-state index in [1.54, 1.807) is 0 Å². The Hall–Kier alpha value is -0.380. The molecule has 2 fully saturated rings. The molecule has 0 radical (unpaired) electrons. The van der Waals surface area contributed by atoms with Crippen LogP contribution in [-0.2, 0) is 0 Å². The van der Waals surface area contributed by atoms with E-state index in [1.165, 1.54) is 48.5 Å². The second-order valence-electron chi connectivity index (χ2n) is 5.90. The van der Waals surface area contributed by atoms with Crippen LogP contribution in [0.1, 0.15) is 48.4 Å². The normalized spacial score (nSPS) is 27.3. The van der Waals surface area contributed by atoms with Gasteiger partial charge in [0.05, 0.1) is 0 Å². The lowest BCUT2D eigenvalue weighted by molar-refractivity contribution is 0.147. The molecule has 1 saturated heterocycles. The van der Waals surface area contributed by atoms with Gasteiger partial charge in [-0.2, -0.15) is 0 Å². The van der Waals surface area contributed by atoms with Gasteiger partial charge in [0.1, 0.15) is 0 Å². The molecule has 100 valence electrons. The Balaban J connectivity index is 1.60. The first-order chi connectivity index (χ1) is 8.72. The van der Waals surface area contributed by atoms with Crippen molar-refractivity contribution >= 4 is 11.3 Å². The predicted octanol–water partition coefficient (Wildman–Crippen LogP) is 3.33. The highest BCUT2D eigenvalue weighted by Crippen LogP contribution is 2.30. The average Bonchev–Trinajstić information content (AvgIpc) is 3.08. The van der Waals surface area contributed by atoms with Crippen molar-refractivity contribution in [1.82, 2.24) is 10.2 Å². The molecule has 0 spiro atoms. The SMILES string of the molecule is Cc1ccc(C(C)N2CCCC(NC3CC3)C2)s1. The van der Waals surface area contributed by atoms with Crippen molar-refractivity contribution in [3.05, 3.63) is 21.9 Å². The molecule has 3 rings (SSSR count). The van der Waals surface area contributed by atoms with Gasteiger partial charge < -0.3 is 5.32 Å². The maximum atomic E-state index is 3.80. The first-order valence-electron chi connectivity index (χ1n) is 7.29. The van der Waals surface area contributed by atoms with E-state index >= 15 is 0 Å². The summed E-state index contributed by atoms with van der Waals surface area (Å²) in [6, 6.07) is 6.72. The highest BCUT2D eigenvalue weighted by molar-refractivity contribution is 7.12. The van der Waals surface area contributed by atoms with E-state index in [-0.39, 0.29) is 0 Å². The molecule has 2 heterocycles. The summed E-state index contributed by atoms with van der Waals surface area (Å²) in [5.41, 5.74) is 0. The minimum Gasteiger partial charge on any atom is -0.310 e. The van der Waals surface area contributed by atoms with Crippen LogP contribution in [0.5, 0.6) is 0 Å². The summed E-state index contributed by atoms with van der Waals surface area (Å²) >= 11 is 1.95. The largest absolute Gasteiger partial charge is 0.310 e. The van der Waals surface area contributed by atoms with Crippen LogP contribution in [-0.4, -0.2) is 30.1 Å². The van der Waals surface area contributed by atoms with Crippen molar-refractivity contribution in [2.45, 2.75) is 57.7 Å². The van der Waals surface area contributed by atoms with Gasteiger partial charge in [0.25, 0.3) is 0 Å². The first-order valence-corrected chi connectivity index (χ1v) is 8.10. The fourth-order valence-corrected chi connectivity index (χ4v) is 3.90. The van der Waals surface area contributed by atoms with E-state index in [1.807, 2.05) is 11.3 Å². The topological polar surface area (TPSA) is 15.3 Å². The second kappa shape index (κ2) is 5.32. The number of hydrogen-bond acceptors (Lipinski definition) is 3. The summed E-state index contributed by atoms with van der Waals surface area (Å²) in [5, 5.41) is 3.80. The fourth-order valence-electron chi connectivity index (χ4n) is 2.94. The Bertz CT molecular complexity index is 397. The van der Waals surface area contributed by atoms with E-state index in [9.17, 15) is 0 Å². The Morgan fingerprint density at radius 1 is 1.28 bits per heavy atom. The molecule has 3 heteroatoms. The summed E-state index contributed by atoms with van der Waals surface area (Å²) in [4.78, 5) is 5.62. The van der Waals surface area contributed by atoms with Gasteiger partial charge in [0.2, 0.25) is 0 Å². The number of thiophene rings is 1. The molecular weight excluding hydrogens is 240 g/mol. The average molecular weight is 264 g/mol. The summed E-state index contributed by atoms with van der Waals surface area (Å²) in [7, 11) is 0. The van der Waals surface area contributed by atoms with Crippen LogP contribution in [0, 0.1) is 6.92 Å². The van der Waals surface area contributed by atoms with Crippen LogP contribution in [0.3, 0.4) is 0 Å². The molecule has 18 heavy (non-hydrogen) atoms. The molecule has 2 unspecified atom stereocenters. The highest BCUT2D eigenvalue weighted by Gasteiger charge is 2.29. The zero-order valence-corrected chi connectivity index (χ0v) is 12.3. The Morgan fingerprint density at radius 3 is 2.78 bits per heavy atom. The molecule has 0 aromatic carbocycles. The van der Waals surface area contributed by atoms with Crippen LogP contribution in [0.4, 0.5) is 0 Å². The number of nitrogens with zero attached hydrogens (tertiary/aromatic N) is 1. The summed E-state index contributed by atoms with van der Waals surface area (Å²) in [5.74, 6) is 0. The summed E-state index contributed by atoms with van der Waals surface area (Å²) in [6.45, 7) is 7.06. The van der Waals surface area contributed by atoms with Crippen molar-refractivity contribution in [3.8, 4) is 0 Å². The molecule has 1 aliphatic carbocycles.